The van der Waals surface area contributed by atoms with Crippen molar-refractivity contribution >= 4 is 152 Å². The van der Waals surface area contributed by atoms with Gasteiger partial charge in [0.2, 0.25) is 0 Å². The van der Waals surface area contributed by atoms with Gasteiger partial charge >= 0.3 is 0 Å². The van der Waals surface area contributed by atoms with Crippen molar-refractivity contribution in [1.82, 2.24) is 90.3 Å². The monoisotopic (exact) mass is 1350 g/mol. The van der Waals surface area contributed by atoms with Gasteiger partial charge in [0.15, 0.2) is 39.2 Å². The summed E-state index contributed by atoms with van der Waals surface area (Å²) in [5.41, 5.74) is 9.90. The fourth-order valence-electron chi connectivity index (χ4n) is 12.6. The van der Waals surface area contributed by atoms with Gasteiger partial charge in [0.1, 0.15) is 32.5 Å². The summed E-state index contributed by atoms with van der Waals surface area (Å²) in [4.78, 5) is 64.1. The summed E-state index contributed by atoms with van der Waals surface area (Å²) in [5.74, 6) is 0. The molecule has 3 fully saturated rings. The Morgan fingerprint density at radius 1 is 0.571 bits per heavy atom. The van der Waals surface area contributed by atoms with Crippen LogP contribution in [0.2, 0.25) is 5.02 Å². The van der Waals surface area contributed by atoms with E-state index < -0.39 is 0 Å². The summed E-state index contributed by atoms with van der Waals surface area (Å²) in [6.45, 7) is 13.5. The number of benzene rings is 1. The highest BCUT2D eigenvalue weighted by atomic mass is 35.5. The Bertz CT molecular complexity index is 4710. The van der Waals surface area contributed by atoms with E-state index in [2.05, 4.69) is 126 Å². The van der Waals surface area contributed by atoms with Gasteiger partial charge in [-0.05, 0) is 110 Å². The van der Waals surface area contributed by atoms with E-state index in [1.54, 1.807) is 62.9 Å². The minimum Gasteiger partial charge on any atom is -0.467 e. The van der Waals surface area contributed by atoms with E-state index in [1.165, 1.54) is 37.0 Å². The number of hydrogen-bond donors (Lipinski definition) is 6. The number of piperidine rings is 3. The van der Waals surface area contributed by atoms with Gasteiger partial charge < -0.3 is 44.6 Å². The molecule has 468 valence electrons. The molecule has 6 N–H and O–H groups in total. The molecule has 14 aromatic rings. The third-order valence-corrected chi connectivity index (χ3v) is 24.5. The summed E-state index contributed by atoms with van der Waals surface area (Å²) in [6, 6.07) is 12.9. The zero-order valence-corrected chi connectivity index (χ0v) is 56.8. The van der Waals surface area contributed by atoms with Crippen molar-refractivity contribution < 1.29 is 4.74 Å². The largest absolute Gasteiger partial charge is 0.467 e. The summed E-state index contributed by atoms with van der Waals surface area (Å²) in [6.07, 6.45) is 23.9. The number of anilines is 2. The lowest BCUT2D eigenvalue weighted by molar-refractivity contribution is 0.144. The lowest BCUT2D eigenvalue weighted by atomic mass is 9.98. The van der Waals surface area contributed by atoms with Crippen LogP contribution in [0, 0.1) is 0 Å². The van der Waals surface area contributed by atoms with E-state index in [1.807, 2.05) is 67.8 Å². The van der Waals surface area contributed by atoms with E-state index >= 15 is 0 Å². The van der Waals surface area contributed by atoms with Crippen LogP contribution in [-0.4, -0.2) is 169 Å². The molecule has 3 aliphatic rings. The highest BCUT2D eigenvalue weighted by Crippen LogP contribution is 2.44. The van der Waals surface area contributed by atoms with E-state index in [-0.39, 0.29) is 6.10 Å². The highest BCUT2D eigenvalue weighted by Gasteiger charge is 2.30. The predicted octanol–water partition coefficient (Wildman–Crippen LogP) is 14.7. The number of fused-ring (bicyclic) bond motifs is 6. The first kappa shape index (κ1) is 60.0. The molecule has 4 atom stereocenters. The number of nitrogens with one attached hydrogen (secondary N) is 6. The average molecular weight is 1350 g/mol. The first-order valence-electron chi connectivity index (χ1n) is 30.6. The highest BCUT2D eigenvalue weighted by molar-refractivity contribution is 7.30. The summed E-state index contributed by atoms with van der Waals surface area (Å²) in [7, 11) is 6.56. The second-order valence-corrected chi connectivity index (χ2v) is 30.2. The Balaban J connectivity index is 0.000000114. The van der Waals surface area contributed by atoms with E-state index in [0.29, 0.717) is 35.4 Å². The number of rotatable bonds is 12. The summed E-state index contributed by atoms with van der Waals surface area (Å²) < 4.78 is 6.13. The van der Waals surface area contributed by atoms with Crippen molar-refractivity contribution in [3.05, 3.63) is 91.1 Å². The fraction of sp³-hybridized carbons (Fsp3) is 0.365. The predicted molar refractivity (Wildman–Crippen MR) is 376 cm³/mol. The van der Waals surface area contributed by atoms with Crippen molar-refractivity contribution in [2.45, 2.75) is 103 Å². The van der Waals surface area contributed by atoms with Crippen molar-refractivity contribution in [2.24, 2.45) is 0 Å². The van der Waals surface area contributed by atoms with E-state index in [0.717, 1.165) is 170 Å². The van der Waals surface area contributed by atoms with Gasteiger partial charge in [-0.15, -0.1) is 0 Å². The Morgan fingerprint density at radius 2 is 1.11 bits per heavy atom. The van der Waals surface area contributed by atoms with Gasteiger partial charge in [0.05, 0.1) is 28.9 Å². The minimum absolute atomic E-state index is 0.219. The molecule has 28 heteroatoms. The molecule has 21 nitrogen and oxygen atoms in total. The second-order valence-electron chi connectivity index (χ2n) is 24.0. The first-order chi connectivity index (χ1) is 44.3. The Labute approximate surface area is 552 Å². The zero-order chi connectivity index (χ0) is 62.0. The number of aromatic nitrogens is 15. The van der Waals surface area contributed by atoms with Crippen LogP contribution >= 0.6 is 79.6 Å². The molecule has 13 aromatic heterocycles. The third kappa shape index (κ3) is 11.9. The molecule has 0 saturated carbocycles. The minimum atomic E-state index is 0.219. The first-order valence-corrected chi connectivity index (χ1v) is 35.9. The number of thiazole rings is 6. The quantitative estimate of drug-likeness (QED) is 0.0666. The van der Waals surface area contributed by atoms with Crippen LogP contribution in [0.15, 0.2) is 86.1 Å². The van der Waals surface area contributed by atoms with Gasteiger partial charge in [-0.2, -0.15) is 15.2 Å². The van der Waals surface area contributed by atoms with Gasteiger partial charge in [-0.3, -0.25) is 20.2 Å². The van der Waals surface area contributed by atoms with Gasteiger partial charge in [0, 0.05) is 156 Å². The van der Waals surface area contributed by atoms with Crippen molar-refractivity contribution in [2.75, 3.05) is 57.1 Å². The Morgan fingerprint density at radius 3 is 1.67 bits per heavy atom. The lowest BCUT2D eigenvalue weighted by Gasteiger charge is -2.39. The van der Waals surface area contributed by atoms with Crippen molar-refractivity contribution in [3.8, 4) is 59.4 Å². The maximum Gasteiger partial charge on any atom is 0.276 e. The molecule has 16 heterocycles. The number of nitrogens with zero attached hydrogens (tertiary/aromatic N) is 14. The molecule has 17 rings (SSSR count). The molecule has 91 heavy (non-hydrogen) atoms. The van der Waals surface area contributed by atoms with Gasteiger partial charge in [0.25, 0.3) is 5.19 Å². The zero-order valence-electron chi connectivity index (χ0n) is 51.1. The maximum atomic E-state index is 6.31. The molecule has 1 aromatic carbocycles. The molecule has 2 unspecified atom stereocenters. The molecule has 0 bridgehead atoms. The standard InChI is InChI=1S/C23H26N8S2.C20H22ClN5S2.C20H19N7OS2/c1-13(2)31-8-5-15(6-9-31)30(3)23-29-22-21(33-23)28-20(32-22)19-18-16(4-7-24-18)17(12-25-19)14-10-26-27-11-14;1-11-10-12(7-9-25(11)2)26(3)20-24-19-18(28-20)23-17(27-19)14-4-5-15(21)13-6-8-22-16(13)14;1-10-6-12(2-4-21-10)28-20-27-19-18(30-20)26-17(29-19)16-15-13(3-5-22-15)14(9-23-16)11-7-24-25-8-11/h4,7,10-13,15,24H,5-6,8-9H2,1-3H3,(H,26,27);4-6,8,11-12,22H,7,9-10H2,1-3H3;3,5,7-10,12,21-22H,2,4,6H2,1H3,(H,24,25)/t;;10-,12-/m..0/s1. The number of pyridine rings is 2. The van der Waals surface area contributed by atoms with Crippen LogP contribution in [0.3, 0.4) is 0 Å². The number of aromatic amines is 5. The van der Waals surface area contributed by atoms with Crippen LogP contribution in [-0.2, 0) is 0 Å². The maximum absolute atomic E-state index is 6.31. The molecule has 0 radical (unpaired) electrons. The number of hydrogen-bond acceptors (Lipinski definition) is 22. The second kappa shape index (κ2) is 25.3. The molecule has 0 aliphatic carbocycles. The Kier molecular flexibility index (Phi) is 16.7. The number of halogens is 1. The fourth-order valence-corrected chi connectivity index (χ4v) is 19.0. The van der Waals surface area contributed by atoms with Crippen LogP contribution in [0.1, 0.15) is 66.2 Å². The number of H-pyrrole nitrogens is 5. The molecule has 0 spiro atoms. The molecule has 3 saturated heterocycles. The van der Waals surface area contributed by atoms with Crippen LogP contribution < -0.4 is 19.9 Å². The summed E-state index contributed by atoms with van der Waals surface area (Å²) >= 11 is 16.0. The molecule has 3 aliphatic heterocycles. The topological polar surface area (TPSA) is 242 Å². The van der Waals surface area contributed by atoms with Crippen molar-refractivity contribution in [3.63, 3.8) is 0 Å². The average Bonchev–Trinajstić information content (AvgIpc) is 1.68. The smallest absolute Gasteiger partial charge is 0.276 e. The third-order valence-electron chi connectivity index (χ3n) is 18.0. The lowest BCUT2D eigenvalue weighted by Crippen LogP contribution is -2.46. The van der Waals surface area contributed by atoms with Gasteiger partial charge in [-0.1, -0.05) is 79.6 Å². The Hall–Kier alpha value is -7.31. The SMILES string of the molecule is CC(C)N1CCC(N(C)c2nc3sc(-c4ncc(-c5cn[nH]c5)c5cc[nH]c45)nc3s2)CC1.CC1CC(N(C)c2nc3sc(-c4ccc(Cl)c5cc[nH]c45)nc3s2)CCN1C.C[C@H]1C[C@@H](Oc2nc3sc(-c4ncc(-c5cn[nH]c5)c5cc[nH]c45)nc3s2)CCN1. The van der Waals surface area contributed by atoms with Crippen LogP contribution in [0.5, 0.6) is 5.19 Å². The van der Waals surface area contributed by atoms with Crippen molar-refractivity contribution in [1.29, 1.82) is 0 Å². The van der Waals surface area contributed by atoms with Gasteiger partial charge in [-0.25, -0.2) is 24.9 Å². The van der Waals surface area contributed by atoms with Crippen LogP contribution in [0.25, 0.3) is 116 Å². The van der Waals surface area contributed by atoms with E-state index in [9.17, 15) is 0 Å². The molecule has 0 amide bonds. The number of likely N-dealkylation sites (tertiary alicyclic amines) is 2. The van der Waals surface area contributed by atoms with E-state index in [4.69, 9.17) is 51.2 Å². The molecular weight excluding hydrogens is 1280 g/mol. The normalized spacial score (nSPS) is 18.7. The number of ether oxygens (including phenoxy) is 1. The van der Waals surface area contributed by atoms with Crippen LogP contribution in [0.4, 0.5) is 10.3 Å². The molecular formula is C63H67ClN20OS6. The summed E-state index contributed by atoms with van der Waals surface area (Å²) in [5, 5.41) is 26.9.